The van der Waals surface area contributed by atoms with Crippen LogP contribution in [-0.2, 0) is 25.7 Å². The first kappa shape index (κ1) is 47.0. The fourth-order valence-corrected chi connectivity index (χ4v) is 8.67. The summed E-state index contributed by atoms with van der Waals surface area (Å²) >= 11 is 6.40. The van der Waals surface area contributed by atoms with Crippen molar-refractivity contribution in [1.29, 1.82) is 0 Å². The van der Waals surface area contributed by atoms with Gasteiger partial charge in [-0.05, 0) is 66.3 Å². The topological polar surface area (TPSA) is 204 Å². The number of carbonyl (C=O) groups is 4. The minimum absolute atomic E-state index is 0.0271. The van der Waals surface area contributed by atoms with E-state index in [1.54, 1.807) is 35.2 Å². The molecule has 3 aromatic heterocycles. The lowest BCUT2D eigenvalue weighted by atomic mass is 9.85. The van der Waals surface area contributed by atoms with Crippen LogP contribution in [0.3, 0.4) is 0 Å². The number of nitrogens with zero attached hydrogens (tertiary/aromatic N) is 5. The number of H-pyrrole nitrogens is 1. The highest BCUT2D eigenvalue weighted by Gasteiger charge is 2.44. The van der Waals surface area contributed by atoms with Gasteiger partial charge in [0.1, 0.15) is 23.7 Å². The number of likely N-dealkylation sites (tertiary alicyclic amines) is 1. The van der Waals surface area contributed by atoms with E-state index in [2.05, 4.69) is 40.9 Å². The number of halogens is 3. The lowest BCUT2D eigenvalue weighted by Gasteiger charge is -2.35. The summed E-state index contributed by atoms with van der Waals surface area (Å²) in [6.07, 6.45) is 2.55. The van der Waals surface area contributed by atoms with Gasteiger partial charge in [0.05, 0.1) is 46.2 Å². The predicted molar refractivity (Wildman–Crippen MR) is 240 cm³/mol. The molecule has 4 amide bonds. The van der Waals surface area contributed by atoms with Gasteiger partial charge >= 0.3 is 5.57 Å². The van der Waals surface area contributed by atoms with Gasteiger partial charge in [0, 0.05) is 74.3 Å². The van der Waals surface area contributed by atoms with Gasteiger partial charge in [0.15, 0.2) is 0 Å². The maximum absolute atomic E-state index is 14.1. The third kappa shape index (κ3) is 12.0. The van der Waals surface area contributed by atoms with Gasteiger partial charge in [0.2, 0.25) is 17.7 Å². The zero-order valence-corrected chi connectivity index (χ0v) is 37.7. The van der Waals surface area contributed by atoms with Gasteiger partial charge in [-0.2, -0.15) is 5.10 Å². The van der Waals surface area contributed by atoms with Crippen LogP contribution in [0.2, 0.25) is 0 Å². The van der Waals surface area contributed by atoms with E-state index in [0.717, 1.165) is 21.7 Å². The van der Waals surface area contributed by atoms with Gasteiger partial charge in [-0.3, -0.25) is 24.3 Å². The Bertz CT molecular complexity index is 2460. The Hall–Kier alpha value is -6.02. The number of aromatic amines is 1. The number of aryl methyl sites for hydroxylation is 1. The summed E-state index contributed by atoms with van der Waals surface area (Å²) in [5.74, 6) is -1.33. The Morgan fingerprint density at radius 3 is 2.46 bits per heavy atom. The number of thiazole rings is 1. The van der Waals surface area contributed by atoms with Crippen molar-refractivity contribution in [3.05, 3.63) is 95.4 Å². The predicted octanol–water partition coefficient (Wildman–Crippen LogP) is 6.12. The molecule has 0 aliphatic carbocycles. The van der Waals surface area contributed by atoms with Crippen LogP contribution >= 0.6 is 22.9 Å². The number of pyridine rings is 1. The number of carbonyl (C=O) groups excluding carboxylic acids is 4. The van der Waals surface area contributed by atoms with Crippen molar-refractivity contribution in [2.24, 2.45) is 5.41 Å². The Morgan fingerprint density at radius 1 is 1.05 bits per heavy atom. The van der Waals surface area contributed by atoms with Crippen molar-refractivity contribution in [3.63, 3.8) is 0 Å². The molecule has 1 unspecified atom stereocenters. The molecule has 2 fully saturated rings. The fourth-order valence-electron chi connectivity index (χ4n) is 7.77. The molecule has 5 aromatic rings. The number of nitrogens with one attached hydrogen (secondary N) is 4. The Balaban J connectivity index is 0.913. The Labute approximate surface area is 383 Å². The minimum Gasteiger partial charge on any atom is -0.420 e. The summed E-state index contributed by atoms with van der Waals surface area (Å²) in [5.41, 5.74) is 1.86. The molecule has 5 N–H and O–H groups in total. The van der Waals surface area contributed by atoms with Crippen LogP contribution in [0.4, 0.5) is 20.3 Å². The highest BCUT2D eigenvalue weighted by molar-refractivity contribution is 7.13. The van der Waals surface area contributed by atoms with E-state index < -0.39 is 46.9 Å². The molecule has 16 nitrogen and oxygen atoms in total. The van der Waals surface area contributed by atoms with Crippen LogP contribution in [0.1, 0.15) is 61.6 Å². The van der Waals surface area contributed by atoms with Crippen LogP contribution in [-0.4, -0.2) is 110 Å². The maximum Gasteiger partial charge on any atom is 0.487 e. The van der Waals surface area contributed by atoms with Crippen LogP contribution in [0, 0.1) is 12.3 Å². The Kier molecular flexibility index (Phi) is 14.5. The number of rotatable bonds is 16. The lowest BCUT2D eigenvalue weighted by Crippen LogP contribution is -2.57. The van der Waals surface area contributed by atoms with E-state index in [1.165, 1.54) is 35.4 Å². The van der Waals surface area contributed by atoms with Crippen LogP contribution < -0.4 is 25.6 Å². The second-order valence-electron chi connectivity index (χ2n) is 17.0. The number of aliphatic hydroxyl groups is 1. The third-order valence-electron chi connectivity index (χ3n) is 11.1. The maximum atomic E-state index is 14.1. The molecule has 4 atom stereocenters. The third-order valence-corrected chi connectivity index (χ3v) is 12.2. The van der Waals surface area contributed by atoms with Crippen LogP contribution in [0.5, 0.6) is 5.75 Å². The molecule has 65 heavy (non-hydrogen) atoms. The van der Waals surface area contributed by atoms with Gasteiger partial charge in [0.25, 0.3) is 5.91 Å². The number of hydrogen-bond donors (Lipinski definition) is 5. The van der Waals surface area contributed by atoms with Gasteiger partial charge in [-0.15, -0.1) is 20.1 Å². The summed E-state index contributed by atoms with van der Waals surface area (Å²) in [5, 5.41) is 26.1. The van der Waals surface area contributed by atoms with Crippen LogP contribution in [0.15, 0.2) is 78.6 Å². The molecule has 0 spiro atoms. The quantitative estimate of drug-likeness (QED) is 0.0714. The first-order valence-corrected chi connectivity index (χ1v) is 22.3. The highest BCUT2D eigenvalue weighted by atomic mass is 35.5. The number of benzene rings is 2. The molecular weight excluding hydrogens is 884 g/mol. The minimum atomic E-state index is -3.87. The number of β-amino-alcohol motifs (C(OH)–C–C–N with tert-alkyl or cyclic N) is 1. The second kappa shape index (κ2) is 20.0. The van der Waals surface area contributed by atoms with Crippen molar-refractivity contribution >= 4 is 58.1 Å². The second-order valence-corrected chi connectivity index (χ2v) is 18.3. The van der Waals surface area contributed by atoms with Crippen molar-refractivity contribution in [2.45, 2.75) is 83.4 Å². The summed E-state index contributed by atoms with van der Waals surface area (Å²) in [7, 11) is 0. The van der Waals surface area contributed by atoms with E-state index in [9.17, 15) is 33.1 Å². The average Bonchev–Trinajstić information content (AvgIpc) is 4.10. The first-order valence-electron chi connectivity index (χ1n) is 21.0. The van der Waals surface area contributed by atoms with Crippen molar-refractivity contribution in [1.82, 2.24) is 35.7 Å². The molecule has 2 aliphatic rings. The van der Waals surface area contributed by atoms with E-state index in [1.807, 2.05) is 56.9 Å². The van der Waals surface area contributed by atoms with E-state index >= 15 is 0 Å². The zero-order chi connectivity index (χ0) is 46.5. The molecule has 7 rings (SSSR count). The molecule has 5 heterocycles. The summed E-state index contributed by atoms with van der Waals surface area (Å²) < 4.78 is 36.5. The molecule has 0 bridgehead atoms. The van der Waals surface area contributed by atoms with Crippen LogP contribution in [0.25, 0.3) is 21.7 Å². The standard InChI is InChI=1S/C45H50ClF2N9O7S/c1-26-38(65-25-51-26)28-7-5-27(6-8-28)21-50-42(61)36-20-31(58)23-57(36)43(62)39(44(2,3)4)54-37(59)15-18-63-33-14-17-56(24-33)40-34(35-13-16-52-55-35)19-29(22-49-40)41(60)53-30-9-11-32(12-10-30)64-45(46,47)48/h5-13,16,19,22,25,31,33,36,39,58H,14-15,17-18,20-21,23-24H2,1-4H3,(H,50,61)(H,52,55)(H,53,60)(H,54,59)/t31-,33?,36+,39-/m1/s1. The highest BCUT2D eigenvalue weighted by Crippen LogP contribution is 2.33. The summed E-state index contributed by atoms with van der Waals surface area (Å²) in [4.78, 5) is 67.6. The molecule has 0 radical (unpaired) electrons. The zero-order valence-electron chi connectivity index (χ0n) is 36.1. The number of aliphatic hydroxyl groups excluding tert-OH is 1. The van der Waals surface area contributed by atoms with Gasteiger partial charge in [-0.1, -0.05) is 45.0 Å². The number of hydrogen-bond acceptors (Lipinski definition) is 12. The van der Waals surface area contributed by atoms with Crippen molar-refractivity contribution in [3.8, 4) is 27.4 Å². The molecule has 0 saturated carbocycles. The smallest absolute Gasteiger partial charge is 0.420 e. The summed E-state index contributed by atoms with van der Waals surface area (Å²) in [6, 6.07) is 14.6. The molecule has 344 valence electrons. The number of alkyl halides is 3. The van der Waals surface area contributed by atoms with Crippen molar-refractivity contribution < 1.29 is 42.5 Å². The molecule has 2 saturated heterocycles. The number of anilines is 2. The molecule has 20 heteroatoms. The summed E-state index contributed by atoms with van der Waals surface area (Å²) in [6.45, 7) is 8.73. The number of ether oxygens (including phenoxy) is 2. The molecule has 2 aliphatic heterocycles. The average molecular weight is 934 g/mol. The van der Waals surface area contributed by atoms with Gasteiger partial charge < -0.3 is 40.3 Å². The monoisotopic (exact) mass is 933 g/mol. The molecular formula is C45H50ClF2N9O7S. The number of amides is 4. The van der Waals surface area contributed by atoms with Crippen molar-refractivity contribution in [2.75, 3.05) is 36.5 Å². The van der Waals surface area contributed by atoms with E-state index in [-0.39, 0.29) is 55.9 Å². The lowest BCUT2D eigenvalue weighted by molar-refractivity contribution is -0.144. The van der Waals surface area contributed by atoms with E-state index in [0.29, 0.717) is 42.3 Å². The number of aromatic nitrogens is 4. The SMILES string of the molecule is Cc1ncsc1-c1ccc(CNC(=O)[C@@H]2C[C@@H](O)CN2C(=O)[C@@H](NC(=O)CCOC2CCN(c3ncc(C(=O)Nc4ccc(OC(F)(F)Cl)cc4)cc3-c3ccn[nH]3)C2)C(C)(C)C)cc1. The normalized spacial score (nSPS) is 18.1. The van der Waals surface area contributed by atoms with Gasteiger partial charge in [-0.25, -0.2) is 9.97 Å². The fraction of sp³-hybridized carbons (Fsp3) is 0.400. The first-order chi connectivity index (χ1) is 30.9. The largest absolute Gasteiger partial charge is 0.487 e. The van der Waals surface area contributed by atoms with E-state index in [4.69, 9.17) is 16.3 Å². The Morgan fingerprint density at radius 2 is 1.80 bits per heavy atom. The molecule has 2 aromatic carbocycles.